The number of hydrogen-bond acceptors (Lipinski definition) is 6. The zero-order valence-electron chi connectivity index (χ0n) is 44.5. The normalized spacial score (nSPS) is 12.1. The molecule has 0 aromatic rings. The van der Waals surface area contributed by atoms with Crippen molar-refractivity contribution >= 4 is 17.9 Å². The molecule has 1 unspecified atom stereocenters. The lowest BCUT2D eigenvalue weighted by Crippen LogP contribution is -2.30. The molecular weight excluding hydrogens is 817 g/mol. The summed E-state index contributed by atoms with van der Waals surface area (Å²) in [6, 6.07) is 0. The van der Waals surface area contributed by atoms with Gasteiger partial charge in [0.05, 0.1) is 0 Å². The molecule has 0 aromatic carbocycles. The Labute approximate surface area is 411 Å². The third kappa shape index (κ3) is 52.9. The van der Waals surface area contributed by atoms with Crippen LogP contribution in [0.4, 0.5) is 0 Å². The molecule has 0 aromatic heterocycles. The molecule has 388 valence electrons. The maximum atomic E-state index is 12.8. The molecule has 0 spiro atoms. The van der Waals surface area contributed by atoms with Gasteiger partial charge >= 0.3 is 17.9 Å². The first kappa shape index (κ1) is 63.9. The molecule has 66 heavy (non-hydrogen) atoms. The third-order valence-corrected chi connectivity index (χ3v) is 13.2. The Morgan fingerprint density at radius 2 is 0.576 bits per heavy atom. The van der Waals surface area contributed by atoms with Crippen LogP contribution in [0.1, 0.15) is 323 Å². The lowest BCUT2D eigenvalue weighted by molar-refractivity contribution is -0.166. The van der Waals surface area contributed by atoms with Crippen molar-refractivity contribution in [3.63, 3.8) is 0 Å². The average molecular weight is 930 g/mol. The predicted octanol–water partition coefficient (Wildman–Crippen LogP) is 19.5. The van der Waals surface area contributed by atoms with Gasteiger partial charge in [-0.15, -0.1) is 0 Å². The first-order chi connectivity index (χ1) is 32.5. The minimum Gasteiger partial charge on any atom is -0.462 e. The number of allylic oxidation sites excluding steroid dienone is 4. The highest BCUT2D eigenvalue weighted by molar-refractivity contribution is 5.71. The average Bonchev–Trinajstić information content (AvgIpc) is 3.31. The smallest absolute Gasteiger partial charge is 0.306 e. The molecule has 0 fully saturated rings. The first-order valence-electron chi connectivity index (χ1n) is 29.3. The number of hydrogen-bond donors (Lipinski definition) is 0. The SMILES string of the molecule is CCCCCCCC/C=C/C/C=C/CCC(=O)OCC(COC(=O)CCCCCCCCCCCCCCCCCCCC)OC(=O)CCCCCCCCCCCCCCCCCCC. The summed E-state index contributed by atoms with van der Waals surface area (Å²) in [7, 11) is 0. The van der Waals surface area contributed by atoms with Gasteiger partial charge in [0.2, 0.25) is 0 Å². The number of unbranched alkanes of at least 4 members (excludes halogenated alkanes) is 39. The van der Waals surface area contributed by atoms with Gasteiger partial charge in [0, 0.05) is 19.3 Å². The Bertz CT molecular complexity index is 1070. The van der Waals surface area contributed by atoms with Gasteiger partial charge in [0.25, 0.3) is 0 Å². The minimum atomic E-state index is -0.788. The van der Waals surface area contributed by atoms with Crippen LogP contribution in [0, 0.1) is 0 Å². The summed E-state index contributed by atoms with van der Waals surface area (Å²) in [4.78, 5) is 38.1. The van der Waals surface area contributed by atoms with E-state index in [-0.39, 0.29) is 37.5 Å². The van der Waals surface area contributed by atoms with Crippen molar-refractivity contribution in [2.75, 3.05) is 13.2 Å². The van der Waals surface area contributed by atoms with Crippen LogP contribution in [-0.4, -0.2) is 37.2 Å². The minimum absolute atomic E-state index is 0.0824. The van der Waals surface area contributed by atoms with E-state index in [4.69, 9.17) is 14.2 Å². The Kier molecular flexibility index (Phi) is 53.7. The van der Waals surface area contributed by atoms with Crippen molar-refractivity contribution in [3.8, 4) is 0 Å². The molecular formula is C60H112O6. The Hall–Kier alpha value is -2.11. The highest BCUT2D eigenvalue weighted by Crippen LogP contribution is 2.17. The summed E-state index contributed by atoms with van der Waals surface area (Å²) in [6.45, 7) is 6.64. The van der Waals surface area contributed by atoms with E-state index in [1.807, 2.05) is 6.08 Å². The zero-order chi connectivity index (χ0) is 47.9. The fraction of sp³-hybridized carbons (Fsp3) is 0.883. The van der Waals surface area contributed by atoms with E-state index in [0.29, 0.717) is 19.3 Å². The molecule has 0 saturated heterocycles. The standard InChI is InChI=1S/C60H112O6/c1-4-7-10-13-16-19-22-25-27-29-31-32-35-38-41-44-47-50-53-59(62)65-56-57(55-64-58(61)52-49-46-43-40-37-34-24-21-18-15-12-9-6-3)66-60(63)54-51-48-45-42-39-36-33-30-28-26-23-20-17-14-11-8-5-2/h34,37,43,46,57H,4-33,35-36,38-42,44-45,47-56H2,1-3H3/b37-34+,46-43+. The molecule has 0 aliphatic carbocycles. The fourth-order valence-corrected chi connectivity index (χ4v) is 8.79. The van der Waals surface area contributed by atoms with Crippen molar-refractivity contribution in [2.45, 2.75) is 329 Å². The van der Waals surface area contributed by atoms with Crippen LogP contribution >= 0.6 is 0 Å². The maximum absolute atomic E-state index is 12.8. The van der Waals surface area contributed by atoms with E-state index in [1.165, 1.54) is 225 Å². The van der Waals surface area contributed by atoms with Crippen LogP contribution in [0.5, 0.6) is 0 Å². The fourth-order valence-electron chi connectivity index (χ4n) is 8.79. The van der Waals surface area contributed by atoms with Crippen LogP contribution in [0.15, 0.2) is 24.3 Å². The van der Waals surface area contributed by atoms with Gasteiger partial charge in [-0.3, -0.25) is 14.4 Å². The highest BCUT2D eigenvalue weighted by Gasteiger charge is 2.19. The predicted molar refractivity (Wildman–Crippen MR) is 284 cm³/mol. The van der Waals surface area contributed by atoms with E-state index in [9.17, 15) is 14.4 Å². The van der Waals surface area contributed by atoms with Gasteiger partial charge in [-0.1, -0.05) is 289 Å². The van der Waals surface area contributed by atoms with E-state index in [2.05, 4.69) is 39.0 Å². The Balaban J connectivity index is 4.34. The van der Waals surface area contributed by atoms with E-state index < -0.39 is 6.10 Å². The molecule has 0 aliphatic rings. The van der Waals surface area contributed by atoms with Crippen LogP contribution in [-0.2, 0) is 28.6 Å². The second-order valence-electron chi connectivity index (χ2n) is 19.9. The summed E-state index contributed by atoms with van der Waals surface area (Å²) in [5, 5.41) is 0. The molecule has 0 aliphatic heterocycles. The third-order valence-electron chi connectivity index (χ3n) is 13.2. The number of carbonyl (C=O) groups excluding carboxylic acids is 3. The van der Waals surface area contributed by atoms with Gasteiger partial charge in [0.1, 0.15) is 13.2 Å². The van der Waals surface area contributed by atoms with Crippen molar-refractivity contribution in [2.24, 2.45) is 0 Å². The summed E-state index contributed by atoms with van der Waals surface area (Å²) in [5.41, 5.74) is 0. The number of esters is 3. The summed E-state index contributed by atoms with van der Waals surface area (Å²) in [5.74, 6) is -0.931. The highest BCUT2D eigenvalue weighted by atomic mass is 16.6. The molecule has 0 saturated carbocycles. The second kappa shape index (κ2) is 55.5. The molecule has 1 atom stereocenters. The first-order valence-corrected chi connectivity index (χ1v) is 29.3. The van der Waals surface area contributed by atoms with Crippen molar-refractivity contribution in [1.82, 2.24) is 0 Å². The van der Waals surface area contributed by atoms with Crippen molar-refractivity contribution in [1.29, 1.82) is 0 Å². The lowest BCUT2D eigenvalue weighted by Gasteiger charge is -2.18. The molecule has 0 radical (unpaired) electrons. The van der Waals surface area contributed by atoms with Gasteiger partial charge in [-0.25, -0.2) is 0 Å². The van der Waals surface area contributed by atoms with Gasteiger partial charge in [-0.2, -0.15) is 0 Å². The molecule has 6 nitrogen and oxygen atoms in total. The van der Waals surface area contributed by atoms with Crippen LogP contribution in [0.2, 0.25) is 0 Å². The maximum Gasteiger partial charge on any atom is 0.306 e. The monoisotopic (exact) mass is 929 g/mol. The Morgan fingerprint density at radius 1 is 0.303 bits per heavy atom. The molecule has 0 heterocycles. The molecule has 0 bridgehead atoms. The van der Waals surface area contributed by atoms with Crippen molar-refractivity contribution < 1.29 is 28.6 Å². The molecule has 0 N–H and O–H groups in total. The van der Waals surface area contributed by atoms with E-state index in [1.54, 1.807) is 0 Å². The summed E-state index contributed by atoms with van der Waals surface area (Å²) in [6.07, 6.45) is 64.7. The quantitative estimate of drug-likeness (QED) is 0.0262. The zero-order valence-corrected chi connectivity index (χ0v) is 44.5. The van der Waals surface area contributed by atoms with Gasteiger partial charge in [-0.05, 0) is 38.5 Å². The summed E-state index contributed by atoms with van der Waals surface area (Å²) < 4.78 is 16.8. The van der Waals surface area contributed by atoms with E-state index in [0.717, 1.165) is 51.4 Å². The number of ether oxygens (including phenoxy) is 3. The molecule has 0 amide bonds. The molecule has 0 rings (SSSR count). The topological polar surface area (TPSA) is 78.9 Å². The second-order valence-corrected chi connectivity index (χ2v) is 19.9. The lowest BCUT2D eigenvalue weighted by atomic mass is 10.0. The Morgan fingerprint density at radius 3 is 0.924 bits per heavy atom. The van der Waals surface area contributed by atoms with E-state index >= 15 is 0 Å². The summed E-state index contributed by atoms with van der Waals surface area (Å²) >= 11 is 0. The van der Waals surface area contributed by atoms with Crippen LogP contribution in [0.3, 0.4) is 0 Å². The van der Waals surface area contributed by atoms with Gasteiger partial charge in [0.15, 0.2) is 6.10 Å². The number of rotatable bonds is 54. The number of carbonyl (C=O) groups is 3. The largest absolute Gasteiger partial charge is 0.462 e. The van der Waals surface area contributed by atoms with Crippen molar-refractivity contribution in [3.05, 3.63) is 24.3 Å². The van der Waals surface area contributed by atoms with Gasteiger partial charge < -0.3 is 14.2 Å². The van der Waals surface area contributed by atoms with Crippen LogP contribution in [0.25, 0.3) is 0 Å². The van der Waals surface area contributed by atoms with Crippen LogP contribution < -0.4 is 0 Å². The molecule has 6 heteroatoms.